The van der Waals surface area contributed by atoms with Gasteiger partial charge in [0.15, 0.2) is 5.69 Å². The first-order valence-electron chi connectivity index (χ1n) is 4.05. The van der Waals surface area contributed by atoms with Gasteiger partial charge >= 0.3 is 0 Å². The number of hydrogen-bond acceptors (Lipinski definition) is 6. The van der Waals surface area contributed by atoms with Crippen molar-refractivity contribution < 1.29 is 0 Å². The van der Waals surface area contributed by atoms with Crippen molar-refractivity contribution in [3.05, 3.63) is 36.7 Å². The lowest BCUT2D eigenvalue weighted by molar-refractivity contribution is 1.00. The van der Waals surface area contributed by atoms with E-state index in [0.29, 0.717) is 15.7 Å². The highest BCUT2D eigenvalue weighted by Gasteiger charge is 2.06. The fraction of sp³-hybridized carbons (Fsp3) is 0. The molecule has 0 bridgehead atoms. The van der Waals surface area contributed by atoms with Gasteiger partial charge in [-0.2, -0.15) is 5.26 Å². The number of rotatable bonds is 2. The molecular weight excluding hydrogens is 210 g/mol. The first-order chi connectivity index (χ1) is 7.40. The minimum Gasteiger partial charge on any atom is -0.260 e. The molecule has 0 aromatic carbocycles. The molecular formula is C9H5N5S. The summed E-state index contributed by atoms with van der Waals surface area (Å²) in [5, 5.41) is 10.0. The van der Waals surface area contributed by atoms with Crippen LogP contribution in [0.5, 0.6) is 0 Å². The molecule has 0 aliphatic rings. The van der Waals surface area contributed by atoms with Gasteiger partial charge < -0.3 is 0 Å². The highest BCUT2D eigenvalue weighted by atomic mass is 32.2. The predicted molar refractivity (Wildman–Crippen MR) is 52.9 cm³/mol. The van der Waals surface area contributed by atoms with Crippen molar-refractivity contribution in [1.29, 1.82) is 5.26 Å². The quantitative estimate of drug-likeness (QED) is 0.751. The van der Waals surface area contributed by atoms with Gasteiger partial charge in [0, 0.05) is 24.8 Å². The molecule has 0 N–H and O–H groups in total. The summed E-state index contributed by atoms with van der Waals surface area (Å²) in [6.45, 7) is 0. The molecule has 0 radical (unpaired) electrons. The van der Waals surface area contributed by atoms with Crippen LogP contribution in [0.15, 0.2) is 41.0 Å². The maximum atomic E-state index is 8.79. The van der Waals surface area contributed by atoms with Crippen LogP contribution in [0.2, 0.25) is 0 Å². The van der Waals surface area contributed by atoms with Crippen LogP contribution < -0.4 is 0 Å². The summed E-state index contributed by atoms with van der Waals surface area (Å²) in [7, 11) is 0. The molecule has 0 spiro atoms. The zero-order chi connectivity index (χ0) is 10.5. The molecule has 0 fully saturated rings. The number of nitriles is 1. The number of nitrogens with zero attached hydrogens (tertiary/aromatic N) is 5. The molecule has 0 saturated carbocycles. The molecule has 0 aliphatic heterocycles. The van der Waals surface area contributed by atoms with Crippen molar-refractivity contribution in [1.82, 2.24) is 19.9 Å². The second kappa shape index (κ2) is 4.48. The van der Waals surface area contributed by atoms with Crippen LogP contribution in [-0.4, -0.2) is 19.9 Å². The van der Waals surface area contributed by atoms with Gasteiger partial charge in [-0.05, 0) is 11.8 Å². The van der Waals surface area contributed by atoms with Crippen molar-refractivity contribution in [2.75, 3.05) is 0 Å². The van der Waals surface area contributed by atoms with Gasteiger partial charge in [-0.25, -0.2) is 15.0 Å². The molecule has 15 heavy (non-hydrogen) atoms. The van der Waals surface area contributed by atoms with E-state index in [-0.39, 0.29) is 0 Å². The van der Waals surface area contributed by atoms with Crippen molar-refractivity contribution in [2.45, 2.75) is 10.1 Å². The highest BCUT2D eigenvalue weighted by Crippen LogP contribution is 2.24. The lowest BCUT2D eigenvalue weighted by Gasteiger charge is -1.99. The van der Waals surface area contributed by atoms with E-state index in [9.17, 15) is 0 Å². The normalized spacial score (nSPS) is 9.53. The Morgan fingerprint density at radius 3 is 2.60 bits per heavy atom. The Labute approximate surface area is 90.2 Å². The fourth-order valence-corrected chi connectivity index (χ4v) is 1.65. The summed E-state index contributed by atoms with van der Waals surface area (Å²) in [5.74, 6) is 0. The van der Waals surface area contributed by atoms with Crippen molar-refractivity contribution >= 4 is 11.8 Å². The van der Waals surface area contributed by atoms with Gasteiger partial charge in [-0.3, -0.25) is 4.98 Å². The third kappa shape index (κ3) is 2.27. The van der Waals surface area contributed by atoms with E-state index in [1.54, 1.807) is 24.8 Å². The van der Waals surface area contributed by atoms with Crippen LogP contribution in [0.1, 0.15) is 5.69 Å². The van der Waals surface area contributed by atoms with Crippen LogP contribution in [0.3, 0.4) is 0 Å². The summed E-state index contributed by atoms with van der Waals surface area (Å²) < 4.78 is 0. The summed E-state index contributed by atoms with van der Waals surface area (Å²) >= 11 is 1.27. The first kappa shape index (κ1) is 9.55. The van der Waals surface area contributed by atoms with Gasteiger partial charge in [0.2, 0.25) is 0 Å². The molecule has 2 aromatic rings. The Hall–Kier alpha value is -2.00. The topological polar surface area (TPSA) is 75.3 Å². The monoisotopic (exact) mass is 215 g/mol. The van der Waals surface area contributed by atoms with Crippen LogP contribution in [0.25, 0.3) is 0 Å². The average Bonchev–Trinajstić information content (AvgIpc) is 2.31. The van der Waals surface area contributed by atoms with Crippen molar-refractivity contribution in [2.24, 2.45) is 0 Å². The van der Waals surface area contributed by atoms with E-state index in [0.717, 1.165) is 0 Å². The molecule has 0 amide bonds. The maximum Gasteiger partial charge on any atom is 0.173 e. The molecule has 2 rings (SSSR count). The Balaban J connectivity index is 2.29. The average molecular weight is 215 g/mol. The van der Waals surface area contributed by atoms with Gasteiger partial charge in [0.25, 0.3) is 0 Å². The van der Waals surface area contributed by atoms with E-state index < -0.39 is 0 Å². The van der Waals surface area contributed by atoms with Gasteiger partial charge in [-0.15, -0.1) is 0 Å². The summed E-state index contributed by atoms with van der Waals surface area (Å²) in [6.07, 6.45) is 7.82. The fourth-order valence-electron chi connectivity index (χ4n) is 0.914. The molecule has 5 nitrogen and oxygen atoms in total. The largest absolute Gasteiger partial charge is 0.260 e. The van der Waals surface area contributed by atoms with Crippen molar-refractivity contribution in [3.63, 3.8) is 0 Å². The minimum absolute atomic E-state index is 0.299. The van der Waals surface area contributed by atoms with Crippen LogP contribution in [0.4, 0.5) is 0 Å². The molecule has 0 aliphatic carbocycles. The standard InChI is InChI=1S/C9H5N5S/c10-5-7-9(14-4-3-12-7)15-8-6-11-1-2-13-8/h1-4,6H. The molecule has 72 valence electrons. The number of aromatic nitrogens is 4. The Bertz CT molecular complexity index is 493. The van der Waals surface area contributed by atoms with Crippen LogP contribution in [0, 0.1) is 11.3 Å². The SMILES string of the molecule is N#Cc1nccnc1Sc1cnccn1. The Morgan fingerprint density at radius 1 is 1.07 bits per heavy atom. The Kier molecular flexibility index (Phi) is 2.85. The third-order valence-electron chi connectivity index (χ3n) is 1.51. The second-order valence-corrected chi connectivity index (χ2v) is 3.48. The van der Waals surface area contributed by atoms with Gasteiger partial charge in [0.1, 0.15) is 16.1 Å². The van der Waals surface area contributed by atoms with Crippen molar-refractivity contribution in [3.8, 4) is 6.07 Å². The summed E-state index contributed by atoms with van der Waals surface area (Å²) in [6, 6.07) is 1.97. The lowest BCUT2D eigenvalue weighted by atomic mass is 10.5. The lowest BCUT2D eigenvalue weighted by Crippen LogP contribution is -1.90. The first-order valence-corrected chi connectivity index (χ1v) is 4.87. The number of hydrogen-bond donors (Lipinski definition) is 0. The van der Waals surface area contributed by atoms with E-state index in [1.807, 2.05) is 6.07 Å². The zero-order valence-corrected chi connectivity index (χ0v) is 8.35. The van der Waals surface area contributed by atoms with Gasteiger partial charge in [0.05, 0.1) is 6.20 Å². The second-order valence-electron chi connectivity index (χ2n) is 2.47. The third-order valence-corrected chi connectivity index (χ3v) is 2.42. The maximum absolute atomic E-state index is 8.79. The smallest absolute Gasteiger partial charge is 0.173 e. The molecule has 0 unspecified atom stereocenters. The molecule has 2 heterocycles. The Morgan fingerprint density at radius 2 is 1.87 bits per heavy atom. The van der Waals surface area contributed by atoms with E-state index in [2.05, 4.69) is 19.9 Å². The molecule has 6 heteroatoms. The van der Waals surface area contributed by atoms with E-state index in [4.69, 9.17) is 5.26 Å². The van der Waals surface area contributed by atoms with E-state index in [1.165, 1.54) is 18.0 Å². The molecule has 0 saturated heterocycles. The zero-order valence-electron chi connectivity index (χ0n) is 7.53. The van der Waals surface area contributed by atoms with Crippen LogP contribution in [-0.2, 0) is 0 Å². The van der Waals surface area contributed by atoms with E-state index >= 15 is 0 Å². The minimum atomic E-state index is 0.299. The van der Waals surface area contributed by atoms with Gasteiger partial charge in [-0.1, -0.05) is 0 Å². The molecule has 2 aromatic heterocycles. The summed E-state index contributed by atoms with van der Waals surface area (Å²) in [4.78, 5) is 16.0. The predicted octanol–water partition coefficient (Wildman–Crippen LogP) is 1.29. The molecule has 0 atom stereocenters. The highest BCUT2D eigenvalue weighted by molar-refractivity contribution is 7.99. The summed E-state index contributed by atoms with van der Waals surface area (Å²) in [5.41, 5.74) is 0.299. The van der Waals surface area contributed by atoms with Crippen LogP contribution >= 0.6 is 11.8 Å².